The Morgan fingerprint density at radius 1 is 1.37 bits per heavy atom. The van der Waals surface area contributed by atoms with E-state index in [1.165, 1.54) is 7.11 Å². The van der Waals surface area contributed by atoms with Crippen LogP contribution in [0.4, 0.5) is 0 Å². The molecule has 1 aromatic heterocycles. The highest BCUT2D eigenvalue weighted by Crippen LogP contribution is 2.54. The van der Waals surface area contributed by atoms with Crippen molar-refractivity contribution in [2.24, 2.45) is 23.5 Å². The molecule has 1 saturated heterocycles. The van der Waals surface area contributed by atoms with Crippen LogP contribution >= 0.6 is 0 Å². The van der Waals surface area contributed by atoms with Gasteiger partial charge in [-0.05, 0) is 35.4 Å². The number of piperidine rings is 1. The molecular weight excluding hydrogens is 346 g/mol. The van der Waals surface area contributed by atoms with Gasteiger partial charge in [0.15, 0.2) is 0 Å². The number of carbonyl (C=O) groups excluding carboxylic acids is 2. The minimum atomic E-state index is -0.547. The van der Waals surface area contributed by atoms with Crippen LogP contribution in [0.3, 0.4) is 0 Å². The van der Waals surface area contributed by atoms with Crippen LogP contribution < -0.4 is 20.5 Å². The zero-order valence-corrected chi connectivity index (χ0v) is 15.4. The molecule has 7 heteroatoms. The molecule has 0 spiro atoms. The van der Waals surface area contributed by atoms with Crippen molar-refractivity contribution >= 4 is 22.6 Å². The maximum absolute atomic E-state index is 11.9. The van der Waals surface area contributed by atoms with Gasteiger partial charge in [-0.15, -0.1) is 0 Å². The number of nitrogens with two attached hydrogens (primary N) is 1. The van der Waals surface area contributed by atoms with Crippen molar-refractivity contribution in [3.05, 3.63) is 30.0 Å². The first-order chi connectivity index (χ1) is 13.0. The number of nitrogens with zero attached hydrogens (tertiary/aromatic N) is 1. The molecule has 2 aromatic rings. The number of fused-ring (bicyclic) bond motifs is 2. The number of hydrogen-bond acceptors (Lipinski definition) is 5. The summed E-state index contributed by atoms with van der Waals surface area (Å²) in [5, 5.41) is 4.63. The van der Waals surface area contributed by atoms with Crippen molar-refractivity contribution in [2.45, 2.75) is 25.8 Å². The Balaban J connectivity index is 1.49. The van der Waals surface area contributed by atoms with Gasteiger partial charge in [0, 0.05) is 30.0 Å². The Morgan fingerprint density at radius 2 is 2.19 bits per heavy atom. The second-order valence-electron chi connectivity index (χ2n) is 7.18. The SMILES string of the molecule is CCC1C2C(=O)N[C@H](CCOc3nccc4cc(C(N)=O)c(OC)cc34)C12. The van der Waals surface area contributed by atoms with E-state index < -0.39 is 5.91 Å². The number of aromatic nitrogens is 1. The third-order valence-corrected chi connectivity index (χ3v) is 5.78. The second kappa shape index (κ2) is 6.72. The number of benzene rings is 1. The molecule has 1 saturated carbocycles. The van der Waals surface area contributed by atoms with Crippen LogP contribution in [0.25, 0.3) is 10.8 Å². The van der Waals surface area contributed by atoms with Gasteiger partial charge in [0.2, 0.25) is 11.8 Å². The summed E-state index contributed by atoms with van der Waals surface area (Å²) in [5.74, 6) is 1.68. The van der Waals surface area contributed by atoms with Gasteiger partial charge >= 0.3 is 0 Å². The highest BCUT2D eigenvalue weighted by atomic mass is 16.5. The molecular formula is C20H23N3O4. The largest absolute Gasteiger partial charge is 0.496 e. The average Bonchev–Trinajstić information content (AvgIpc) is 3.32. The minimum absolute atomic E-state index is 0.179. The second-order valence-corrected chi connectivity index (χ2v) is 7.18. The van der Waals surface area contributed by atoms with Gasteiger partial charge in [-0.3, -0.25) is 9.59 Å². The fraction of sp³-hybridized carbons (Fsp3) is 0.450. The number of rotatable bonds is 7. The number of carbonyl (C=O) groups is 2. The molecule has 0 bridgehead atoms. The zero-order valence-electron chi connectivity index (χ0n) is 15.4. The van der Waals surface area contributed by atoms with Crippen LogP contribution in [-0.4, -0.2) is 36.6 Å². The first kappa shape index (κ1) is 17.6. The molecule has 7 nitrogen and oxygen atoms in total. The van der Waals surface area contributed by atoms with E-state index in [0.29, 0.717) is 35.6 Å². The average molecular weight is 369 g/mol. The highest BCUT2D eigenvalue weighted by molar-refractivity contribution is 6.01. The van der Waals surface area contributed by atoms with E-state index in [0.717, 1.165) is 23.6 Å². The number of hydrogen-bond donors (Lipinski definition) is 2. The van der Waals surface area contributed by atoms with Crippen molar-refractivity contribution in [3.8, 4) is 11.6 Å². The Bertz CT molecular complexity index is 913. The van der Waals surface area contributed by atoms with E-state index in [-0.39, 0.29) is 17.9 Å². The molecule has 3 N–H and O–H groups in total. The van der Waals surface area contributed by atoms with Crippen molar-refractivity contribution in [1.29, 1.82) is 0 Å². The van der Waals surface area contributed by atoms with Crippen LogP contribution in [0.1, 0.15) is 30.1 Å². The minimum Gasteiger partial charge on any atom is -0.496 e. The molecule has 1 aliphatic carbocycles. The van der Waals surface area contributed by atoms with Gasteiger partial charge in [0.05, 0.1) is 19.3 Å². The fourth-order valence-electron chi connectivity index (χ4n) is 4.42. The molecule has 2 heterocycles. The van der Waals surface area contributed by atoms with E-state index in [1.807, 2.05) is 0 Å². The summed E-state index contributed by atoms with van der Waals surface area (Å²) in [6, 6.07) is 5.38. The van der Waals surface area contributed by atoms with Crippen LogP contribution in [0, 0.1) is 17.8 Å². The first-order valence-electron chi connectivity index (χ1n) is 9.24. The number of pyridine rings is 1. The molecule has 1 aromatic carbocycles. The summed E-state index contributed by atoms with van der Waals surface area (Å²) in [4.78, 5) is 27.9. The van der Waals surface area contributed by atoms with E-state index >= 15 is 0 Å². The standard InChI is InChI=1S/C20H23N3O4/c1-3-11-16-14(23-19(25)17(11)16)5-7-27-20-12-9-15(26-2)13(18(21)24)8-10(12)4-6-22-20/h4,6,8-9,11,14,16-17H,3,5,7H2,1-2H3,(H2,21,24)(H,23,25)/t11?,14-,16?,17?/m1/s1. The van der Waals surface area contributed by atoms with Crippen LogP contribution in [0.15, 0.2) is 24.4 Å². The Labute approximate surface area is 157 Å². The lowest BCUT2D eigenvalue weighted by Crippen LogP contribution is -2.33. The first-order valence-corrected chi connectivity index (χ1v) is 9.24. The summed E-state index contributed by atoms with van der Waals surface area (Å²) < 4.78 is 11.2. The Hall–Kier alpha value is -2.83. The van der Waals surface area contributed by atoms with E-state index in [9.17, 15) is 9.59 Å². The summed E-state index contributed by atoms with van der Waals surface area (Å²) in [7, 11) is 1.49. The number of ether oxygens (including phenoxy) is 2. The zero-order chi connectivity index (χ0) is 19.1. The molecule has 0 radical (unpaired) electrons. The van der Waals surface area contributed by atoms with Crippen molar-refractivity contribution in [3.63, 3.8) is 0 Å². The number of primary amides is 1. The number of amides is 2. The number of nitrogens with one attached hydrogen (secondary N) is 1. The maximum Gasteiger partial charge on any atom is 0.252 e. The molecule has 1 aliphatic heterocycles. The summed E-state index contributed by atoms with van der Waals surface area (Å²) in [5.41, 5.74) is 5.74. The Morgan fingerprint density at radius 3 is 2.85 bits per heavy atom. The van der Waals surface area contributed by atoms with Gasteiger partial charge in [-0.25, -0.2) is 4.98 Å². The predicted octanol–water partition coefficient (Wildman–Crippen LogP) is 1.88. The topological polar surface area (TPSA) is 104 Å². The van der Waals surface area contributed by atoms with Gasteiger partial charge in [-0.2, -0.15) is 0 Å². The summed E-state index contributed by atoms with van der Waals surface area (Å²) in [6.07, 6.45) is 3.43. The predicted molar refractivity (Wildman–Crippen MR) is 99.6 cm³/mol. The molecule has 2 amide bonds. The molecule has 2 aliphatic rings. The molecule has 142 valence electrons. The van der Waals surface area contributed by atoms with E-state index in [4.69, 9.17) is 15.2 Å². The lowest BCUT2D eigenvalue weighted by Gasteiger charge is -2.16. The third kappa shape index (κ3) is 2.97. The van der Waals surface area contributed by atoms with Crippen LogP contribution in [0.2, 0.25) is 0 Å². The number of methoxy groups -OCH3 is 1. The van der Waals surface area contributed by atoms with Gasteiger partial charge in [0.25, 0.3) is 5.91 Å². The van der Waals surface area contributed by atoms with Crippen molar-refractivity contribution < 1.29 is 19.1 Å². The van der Waals surface area contributed by atoms with Gasteiger partial charge < -0.3 is 20.5 Å². The molecule has 3 unspecified atom stereocenters. The smallest absolute Gasteiger partial charge is 0.252 e. The highest BCUT2D eigenvalue weighted by Gasteiger charge is 2.61. The molecule has 4 atom stereocenters. The quantitative estimate of drug-likeness (QED) is 0.776. The summed E-state index contributed by atoms with van der Waals surface area (Å²) in [6.45, 7) is 2.59. The van der Waals surface area contributed by atoms with Gasteiger partial charge in [0.1, 0.15) is 5.75 Å². The molecule has 2 fully saturated rings. The van der Waals surface area contributed by atoms with E-state index in [2.05, 4.69) is 17.2 Å². The molecule has 27 heavy (non-hydrogen) atoms. The summed E-state index contributed by atoms with van der Waals surface area (Å²) >= 11 is 0. The lowest BCUT2D eigenvalue weighted by atomic mass is 10.1. The monoisotopic (exact) mass is 369 g/mol. The third-order valence-electron chi connectivity index (χ3n) is 5.78. The normalized spacial score (nSPS) is 25.8. The maximum atomic E-state index is 11.9. The fourth-order valence-corrected chi connectivity index (χ4v) is 4.42. The van der Waals surface area contributed by atoms with Crippen LogP contribution in [0.5, 0.6) is 11.6 Å². The van der Waals surface area contributed by atoms with Gasteiger partial charge in [-0.1, -0.05) is 13.3 Å². The van der Waals surface area contributed by atoms with E-state index in [1.54, 1.807) is 24.4 Å². The lowest BCUT2D eigenvalue weighted by molar-refractivity contribution is -0.121. The Kier molecular flexibility index (Phi) is 4.37. The van der Waals surface area contributed by atoms with Crippen molar-refractivity contribution in [1.82, 2.24) is 10.3 Å². The molecule has 4 rings (SSSR count). The van der Waals surface area contributed by atoms with Crippen molar-refractivity contribution in [2.75, 3.05) is 13.7 Å². The van der Waals surface area contributed by atoms with Crippen LogP contribution in [-0.2, 0) is 4.79 Å².